The van der Waals surface area contributed by atoms with Crippen molar-refractivity contribution in [2.24, 2.45) is 0 Å². The highest BCUT2D eigenvalue weighted by Crippen LogP contribution is 2.08. The Balaban J connectivity index is 3.02. The normalized spacial score (nSPS) is 10.6. The molecule has 2 aromatic heterocycles. The maximum Gasteiger partial charge on any atom is 0.153 e. The first-order valence-electron chi connectivity index (χ1n) is 3.31. The van der Waals surface area contributed by atoms with E-state index in [2.05, 4.69) is 15.0 Å². The van der Waals surface area contributed by atoms with Crippen LogP contribution in [0.15, 0.2) is 12.3 Å². The number of rotatable bonds is 0. The molecule has 0 fully saturated rings. The molecule has 0 saturated heterocycles. The first-order valence-corrected chi connectivity index (χ1v) is 3.72. The van der Waals surface area contributed by atoms with Crippen LogP contribution in [0.4, 0.5) is 0 Å². The fourth-order valence-corrected chi connectivity index (χ4v) is 1.39. The van der Waals surface area contributed by atoms with E-state index in [9.17, 15) is 0 Å². The monoisotopic (exact) mass is 165 g/mol. The fourth-order valence-electron chi connectivity index (χ4n) is 1.08. The van der Waals surface area contributed by atoms with E-state index in [-0.39, 0.29) is 0 Å². The topological polar surface area (TPSA) is 44.5 Å². The smallest absolute Gasteiger partial charge is 0.153 e. The van der Waals surface area contributed by atoms with Crippen LogP contribution in [0.2, 0.25) is 0 Å². The van der Waals surface area contributed by atoms with Gasteiger partial charge in [-0.2, -0.15) is 0 Å². The van der Waals surface area contributed by atoms with Crippen LogP contribution in [-0.2, 0) is 0 Å². The lowest BCUT2D eigenvalue weighted by atomic mass is 10.4. The van der Waals surface area contributed by atoms with Crippen molar-refractivity contribution in [2.45, 2.75) is 6.92 Å². The predicted octanol–water partition coefficient (Wildman–Crippen LogP) is 1.93. The standard InChI is InChI=1S/C7H7N3S/c1-4-9-5-2-3-8-6(5)7(11)10-4/h2-3,8H,1H3,(H,9,10,11). The Kier molecular flexibility index (Phi) is 1.29. The highest BCUT2D eigenvalue weighted by molar-refractivity contribution is 7.71. The maximum atomic E-state index is 5.03. The minimum atomic E-state index is 0.626. The fraction of sp³-hybridized carbons (Fsp3) is 0.143. The van der Waals surface area contributed by atoms with Crippen molar-refractivity contribution in [3.05, 3.63) is 22.7 Å². The first kappa shape index (κ1) is 6.54. The van der Waals surface area contributed by atoms with Crippen LogP contribution < -0.4 is 0 Å². The van der Waals surface area contributed by atoms with Gasteiger partial charge < -0.3 is 9.97 Å². The van der Waals surface area contributed by atoms with Gasteiger partial charge in [0.05, 0.1) is 11.0 Å². The van der Waals surface area contributed by atoms with Gasteiger partial charge in [-0.25, -0.2) is 4.98 Å². The van der Waals surface area contributed by atoms with Crippen molar-refractivity contribution >= 4 is 23.3 Å². The van der Waals surface area contributed by atoms with Crippen LogP contribution in [0, 0.1) is 11.6 Å². The third-order valence-corrected chi connectivity index (χ3v) is 1.84. The molecule has 0 aliphatic heterocycles. The van der Waals surface area contributed by atoms with Gasteiger partial charge in [0.2, 0.25) is 0 Å². The molecule has 2 N–H and O–H groups in total. The van der Waals surface area contributed by atoms with Gasteiger partial charge in [-0.15, -0.1) is 0 Å². The summed E-state index contributed by atoms with van der Waals surface area (Å²) in [5.74, 6) is 0.849. The zero-order valence-electron chi connectivity index (χ0n) is 6.01. The van der Waals surface area contributed by atoms with Crippen molar-refractivity contribution < 1.29 is 0 Å². The molecule has 0 saturated carbocycles. The second kappa shape index (κ2) is 2.17. The Morgan fingerprint density at radius 3 is 3.18 bits per heavy atom. The molecular formula is C7H7N3S. The summed E-state index contributed by atoms with van der Waals surface area (Å²) in [5.41, 5.74) is 1.92. The molecule has 3 nitrogen and oxygen atoms in total. The summed E-state index contributed by atoms with van der Waals surface area (Å²) in [6.07, 6.45) is 1.85. The summed E-state index contributed by atoms with van der Waals surface area (Å²) in [7, 11) is 0. The van der Waals surface area contributed by atoms with E-state index in [1.807, 2.05) is 19.2 Å². The van der Waals surface area contributed by atoms with Crippen molar-refractivity contribution in [3.63, 3.8) is 0 Å². The highest BCUT2D eigenvalue weighted by atomic mass is 32.1. The Morgan fingerprint density at radius 2 is 2.36 bits per heavy atom. The van der Waals surface area contributed by atoms with Crippen molar-refractivity contribution in [2.75, 3.05) is 0 Å². The molecule has 0 aliphatic carbocycles. The van der Waals surface area contributed by atoms with Gasteiger partial charge in [-0.05, 0) is 13.0 Å². The SMILES string of the molecule is Cc1nc(=S)c2[nH]ccc2[nH]1. The molecule has 0 bridgehead atoms. The predicted molar refractivity (Wildman–Crippen MR) is 46.0 cm³/mol. The van der Waals surface area contributed by atoms with Crippen LogP contribution in [0.5, 0.6) is 0 Å². The molecule has 56 valence electrons. The van der Waals surface area contributed by atoms with Crippen molar-refractivity contribution in [1.82, 2.24) is 15.0 Å². The van der Waals surface area contributed by atoms with Crippen LogP contribution in [0.25, 0.3) is 11.0 Å². The number of hydrogen-bond acceptors (Lipinski definition) is 2. The lowest BCUT2D eigenvalue weighted by Gasteiger charge is -1.92. The molecule has 0 aromatic carbocycles. The molecule has 0 atom stereocenters. The molecule has 2 rings (SSSR count). The van der Waals surface area contributed by atoms with Gasteiger partial charge in [0.1, 0.15) is 5.82 Å². The van der Waals surface area contributed by atoms with Gasteiger partial charge in [-0.3, -0.25) is 0 Å². The Hall–Kier alpha value is -1.16. The molecular weight excluding hydrogens is 158 g/mol. The number of aromatic nitrogens is 3. The quantitative estimate of drug-likeness (QED) is 0.586. The number of hydrogen-bond donors (Lipinski definition) is 2. The average molecular weight is 165 g/mol. The average Bonchev–Trinajstić information content (AvgIpc) is 2.34. The van der Waals surface area contributed by atoms with Gasteiger partial charge in [-0.1, -0.05) is 12.2 Å². The molecule has 4 heteroatoms. The summed E-state index contributed by atoms with van der Waals surface area (Å²) in [6, 6.07) is 1.94. The summed E-state index contributed by atoms with van der Waals surface area (Å²) in [6.45, 7) is 1.89. The number of nitrogens with zero attached hydrogens (tertiary/aromatic N) is 1. The number of H-pyrrole nitrogens is 2. The minimum absolute atomic E-state index is 0.626. The molecule has 0 amide bonds. The van der Waals surface area contributed by atoms with E-state index < -0.39 is 0 Å². The molecule has 0 unspecified atom stereocenters. The molecule has 2 heterocycles. The lowest BCUT2D eigenvalue weighted by molar-refractivity contribution is 1.08. The molecule has 0 radical (unpaired) electrons. The third-order valence-electron chi connectivity index (χ3n) is 1.55. The number of nitrogens with one attached hydrogen (secondary N) is 2. The summed E-state index contributed by atoms with van der Waals surface area (Å²) in [4.78, 5) is 10.2. The second-order valence-corrected chi connectivity index (χ2v) is 2.78. The van der Waals surface area contributed by atoms with Crippen LogP contribution in [-0.4, -0.2) is 15.0 Å². The second-order valence-electron chi connectivity index (χ2n) is 2.39. The van der Waals surface area contributed by atoms with Crippen LogP contribution in [0.1, 0.15) is 5.82 Å². The van der Waals surface area contributed by atoms with E-state index in [1.54, 1.807) is 0 Å². The minimum Gasteiger partial charge on any atom is -0.357 e. The van der Waals surface area contributed by atoms with Gasteiger partial charge in [0.15, 0.2) is 4.64 Å². The van der Waals surface area contributed by atoms with Gasteiger partial charge in [0, 0.05) is 6.20 Å². The lowest BCUT2D eigenvalue weighted by Crippen LogP contribution is -1.87. The summed E-state index contributed by atoms with van der Waals surface area (Å²) < 4.78 is 0.626. The molecule has 2 aromatic rings. The largest absolute Gasteiger partial charge is 0.357 e. The van der Waals surface area contributed by atoms with Crippen molar-refractivity contribution in [3.8, 4) is 0 Å². The van der Waals surface area contributed by atoms with E-state index >= 15 is 0 Å². The Bertz CT molecular complexity index is 440. The van der Waals surface area contributed by atoms with E-state index in [4.69, 9.17) is 12.2 Å². The number of aryl methyl sites for hydroxylation is 1. The van der Waals surface area contributed by atoms with Crippen LogP contribution in [0.3, 0.4) is 0 Å². The summed E-state index contributed by atoms with van der Waals surface area (Å²) in [5, 5.41) is 0. The highest BCUT2D eigenvalue weighted by Gasteiger charge is 1.96. The molecule has 0 spiro atoms. The van der Waals surface area contributed by atoms with Crippen molar-refractivity contribution in [1.29, 1.82) is 0 Å². The molecule has 11 heavy (non-hydrogen) atoms. The number of fused-ring (bicyclic) bond motifs is 1. The Labute approximate surface area is 68.5 Å². The first-order chi connectivity index (χ1) is 5.27. The number of aromatic amines is 2. The Morgan fingerprint density at radius 1 is 1.55 bits per heavy atom. The maximum absolute atomic E-state index is 5.03. The van der Waals surface area contributed by atoms with Gasteiger partial charge >= 0.3 is 0 Å². The molecule has 0 aliphatic rings. The zero-order valence-corrected chi connectivity index (χ0v) is 6.83. The van der Waals surface area contributed by atoms with Crippen LogP contribution >= 0.6 is 12.2 Å². The zero-order chi connectivity index (χ0) is 7.84. The summed E-state index contributed by atoms with van der Waals surface area (Å²) >= 11 is 5.03. The van der Waals surface area contributed by atoms with E-state index in [0.29, 0.717) is 4.64 Å². The third kappa shape index (κ3) is 0.952. The van der Waals surface area contributed by atoms with E-state index in [1.165, 1.54) is 0 Å². The van der Waals surface area contributed by atoms with E-state index in [0.717, 1.165) is 16.9 Å². The van der Waals surface area contributed by atoms with Gasteiger partial charge in [0.25, 0.3) is 0 Å².